The standard InChI is InChI=1S/C29H25ClFN5O4/c1-15(12-35(2)3)40-29(38)26-24(18-5-4-7-32-28(18)37)25-23(11-20(31)17-6-8-39-27(17)25)36(26)13-16-9-21-22(10-19(16)30)34-14-33-21/h4-11,14-15H,12-13H2,1-3H3,(H,32,37)(H,33,34). The van der Waals surface area contributed by atoms with E-state index in [1.807, 2.05) is 19.0 Å². The maximum Gasteiger partial charge on any atom is 0.355 e. The summed E-state index contributed by atoms with van der Waals surface area (Å²) in [6.07, 6.45) is 3.97. The number of fused-ring (bicyclic) bond motifs is 4. The summed E-state index contributed by atoms with van der Waals surface area (Å²) in [5, 5.41) is 1.08. The van der Waals surface area contributed by atoms with Gasteiger partial charge in [-0.05, 0) is 63.0 Å². The van der Waals surface area contributed by atoms with Gasteiger partial charge in [0.25, 0.3) is 5.56 Å². The van der Waals surface area contributed by atoms with Crippen LogP contribution >= 0.6 is 11.6 Å². The summed E-state index contributed by atoms with van der Waals surface area (Å²) in [5.74, 6) is -1.20. The van der Waals surface area contributed by atoms with E-state index in [1.54, 1.807) is 42.1 Å². The van der Waals surface area contributed by atoms with Gasteiger partial charge in [0.2, 0.25) is 0 Å². The zero-order chi connectivity index (χ0) is 28.1. The Hall–Kier alpha value is -4.41. The lowest BCUT2D eigenvalue weighted by atomic mass is 10.0. The Kier molecular flexibility index (Phi) is 6.44. The molecule has 0 aliphatic heterocycles. The number of hydrogen-bond donors (Lipinski definition) is 2. The van der Waals surface area contributed by atoms with Crippen LogP contribution in [0.15, 0.2) is 64.4 Å². The van der Waals surface area contributed by atoms with Gasteiger partial charge in [0.15, 0.2) is 0 Å². The lowest BCUT2D eigenvalue weighted by Gasteiger charge is -2.19. The van der Waals surface area contributed by atoms with Gasteiger partial charge in [-0.15, -0.1) is 0 Å². The third-order valence-electron chi connectivity index (χ3n) is 6.84. The molecule has 6 aromatic rings. The second kappa shape index (κ2) is 9.96. The van der Waals surface area contributed by atoms with Crippen LogP contribution in [0.1, 0.15) is 23.0 Å². The highest BCUT2D eigenvalue weighted by Crippen LogP contribution is 2.41. The van der Waals surface area contributed by atoms with Crippen molar-refractivity contribution in [3.05, 3.63) is 87.6 Å². The van der Waals surface area contributed by atoms with E-state index < -0.39 is 23.4 Å². The first-order valence-corrected chi connectivity index (χ1v) is 13.0. The van der Waals surface area contributed by atoms with E-state index in [2.05, 4.69) is 15.0 Å². The number of esters is 1. The van der Waals surface area contributed by atoms with E-state index in [-0.39, 0.29) is 34.3 Å². The van der Waals surface area contributed by atoms with Gasteiger partial charge in [-0.3, -0.25) is 4.79 Å². The molecular weight excluding hydrogens is 537 g/mol. The van der Waals surface area contributed by atoms with Gasteiger partial charge in [-0.2, -0.15) is 0 Å². The number of carbonyl (C=O) groups excluding carboxylic acids is 1. The molecule has 0 bridgehead atoms. The number of ether oxygens (including phenoxy) is 1. The molecule has 0 aliphatic rings. The molecule has 11 heteroatoms. The molecule has 6 rings (SSSR count). The van der Waals surface area contributed by atoms with Crippen LogP contribution in [0, 0.1) is 5.82 Å². The Morgan fingerprint density at radius 3 is 2.85 bits per heavy atom. The van der Waals surface area contributed by atoms with Crippen molar-refractivity contribution in [3.63, 3.8) is 0 Å². The molecule has 2 aromatic carbocycles. The molecule has 2 N–H and O–H groups in total. The van der Waals surface area contributed by atoms with Crippen molar-refractivity contribution in [1.29, 1.82) is 0 Å². The minimum absolute atomic E-state index is 0.0705. The Morgan fingerprint density at radius 1 is 1.25 bits per heavy atom. The molecule has 1 atom stereocenters. The van der Waals surface area contributed by atoms with Crippen LogP contribution in [0.3, 0.4) is 0 Å². The number of rotatable bonds is 7. The Bertz CT molecular complexity index is 1970. The highest BCUT2D eigenvalue weighted by atomic mass is 35.5. The maximum atomic E-state index is 15.4. The predicted octanol–water partition coefficient (Wildman–Crippen LogP) is 5.57. The second-order valence-electron chi connectivity index (χ2n) is 9.98. The Labute approximate surface area is 232 Å². The zero-order valence-electron chi connectivity index (χ0n) is 21.9. The minimum atomic E-state index is -0.666. The normalized spacial score (nSPS) is 12.7. The number of imidazole rings is 1. The highest BCUT2D eigenvalue weighted by Gasteiger charge is 2.31. The summed E-state index contributed by atoms with van der Waals surface area (Å²) in [6, 6.07) is 9.68. The molecule has 9 nitrogen and oxygen atoms in total. The van der Waals surface area contributed by atoms with Gasteiger partial charge in [0.1, 0.15) is 23.2 Å². The number of H-pyrrole nitrogens is 2. The number of furan rings is 1. The molecule has 0 saturated carbocycles. The number of hydrogen-bond acceptors (Lipinski definition) is 6. The van der Waals surface area contributed by atoms with Crippen LogP contribution < -0.4 is 5.56 Å². The van der Waals surface area contributed by atoms with Crippen LogP contribution in [0.4, 0.5) is 4.39 Å². The molecule has 0 radical (unpaired) electrons. The third-order valence-corrected chi connectivity index (χ3v) is 7.20. The van der Waals surface area contributed by atoms with Gasteiger partial charge in [-0.1, -0.05) is 11.6 Å². The highest BCUT2D eigenvalue weighted by molar-refractivity contribution is 6.32. The van der Waals surface area contributed by atoms with E-state index in [0.29, 0.717) is 33.6 Å². The van der Waals surface area contributed by atoms with Gasteiger partial charge in [-0.25, -0.2) is 14.2 Å². The average molecular weight is 562 g/mol. The predicted molar refractivity (Wildman–Crippen MR) is 151 cm³/mol. The fourth-order valence-corrected chi connectivity index (χ4v) is 5.47. The van der Waals surface area contributed by atoms with E-state index in [1.165, 1.54) is 24.6 Å². The molecule has 40 heavy (non-hydrogen) atoms. The minimum Gasteiger partial charge on any atom is -0.463 e. The van der Waals surface area contributed by atoms with Crippen LogP contribution in [0.25, 0.3) is 44.0 Å². The number of nitrogens with one attached hydrogen (secondary N) is 2. The lowest BCUT2D eigenvalue weighted by Crippen LogP contribution is -2.29. The topological polar surface area (TPSA) is 109 Å². The van der Waals surface area contributed by atoms with Crippen molar-refractivity contribution in [2.24, 2.45) is 0 Å². The summed E-state index contributed by atoms with van der Waals surface area (Å²) < 4.78 is 28.7. The number of aromatic nitrogens is 4. The number of benzene rings is 2. The molecule has 0 amide bonds. The summed E-state index contributed by atoms with van der Waals surface area (Å²) in [7, 11) is 3.75. The summed E-state index contributed by atoms with van der Waals surface area (Å²) in [6.45, 7) is 2.33. The number of aromatic amines is 2. The smallest absolute Gasteiger partial charge is 0.355 e. The van der Waals surface area contributed by atoms with Crippen molar-refractivity contribution in [1.82, 2.24) is 24.4 Å². The molecule has 4 aromatic heterocycles. The monoisotopic (exact) mass is 561 g/mol. The van der Waals surface area contributed by atoms with Crippen molar-refractivity contribution in [3.8, 4) is 11.1 Å². The number of pyridine rings is 1. The first-order chi connectivity index (χ1) is 19.2. The first-order valence-electron chi connectivity index (χ1n) is 12.6. The average Bonchev–Trinajstić information content (AvgIpc) is 3.62. The van der Waals surface area contributed by atoms with Crippen molar-refractivity contribution in [2.45, 2.75) is 19.6 Å². The van der Waals surface area contributed by atoms with Crippen molar-refractivity contribution >= 4 is 50.5 Å². The largest absolute Gasteiger partial charge is 0.463 e. The SMILES string of the molecule is CC(CN(C)C)OC(=O)c1c(-c2ccc[nH]c2=O)c2c3occc3c(F)cc2n1Cc1cc2nc[nH]c2cc1Cl. The number of likely N-dealkylation sites (N-methyl/N-ethyl adjacent to an activating group) is 1. The quantitative estimate of drug-likeness (QED) is 0.247. The summed E-state index contributed by atoms with van der Waals surface area (Å²) in [5.41, 5.74) is 2.81. The van der Waals surface area contributed by atoms with Crippen LogP contribution in [0.5, 0.6) is 0 Å². The second-order valence-corrected chi connectivity index (χ2v) is 10.4. The van der Waals surface area contributed by atoms with Crippen LogP contribution in [-0.4, -0.2) is 57.1 Å². The Morgan fingerprint density at radius 2 is 2.08 bits per heavy atom. The van der Waals surface area contributed by atoms with Crippen LogP contribution in [-0.2, 0) is 11.3 Å². The molecule has 0 aliphatic carbocycles. The molecule has 0 fully saturated rings. The number of carbonyl (C=O) groups is 1. The first kappa shape index (κ1) is 25.8. The van der Waals surface area contributed by atoms with Crippen LogP contribution in [0.2, 0.25) is 5.02 Å². The Balaban J connectivity index is 1.68. The van der Waals surface area contributed by atoms with E-state index in [4.69, 9.17) is 20.8 Å². The molecule has 4 heterocycles. The van der Waals surface area contributed by atoms with E-state index >= 15 is 4.39 Å². The number of nitrogens with zero attached hydrogens (tertiary/aromatic N) is 3. The van der Waals surface area contributed by atoms with Crippen molar-refractivity contribution in [2.75, 3.05) is 20.6 Å². The summed E-state index contributed by atoms with van der Waals surface area (Å²) in [4.78, 5) is 39.0. The fourth-order valence-electron chi connectivity index (χ4n) is 5.24. The van der Waals surface area contributed by atoms with Gasteiger partial charge in [0.05, 0.1) is 45.5 Å². The zero-order valence-corrected chi connectivity index (χ0v) is 22.7. The summed E-state index contributed by atoms with van der Waals surface area (Å²) >= 11 is 6.66. The number of halogens is 2. The molecule has 0 saturated heterocycles. The van der Waals surface area contributed by atoms with Gasteiger partial charge in [0, 0.05) is 29.9 Å². The fraction of sp³-hybridized carbons (Fsp3) is 0.207. The van der Waals surface area contributed by atoms with Gasteiger partial charge < -0.3 is 28.6 Å². The van der Waals surface area contributed by atoms with E-state index in [9.17, 15) is 9.59 Å². The third kappa shape index (κ3) is 4.35. The molecule has 0 spiro atoms. The molecule has 204 valence electrons. The van der Waals surface area contributed by atoms with Crippen molar-refractivity contribution < 1.29 is 18.3 Å². The lowest BCUT2D eigenvalue weighted by molar-refractivity contribution is 0.0279. The molecule has 1 unspecified atom stereocenters. The molecular formula is C29H25ClFN5O4. The van der Waals surface area contributed by atoms with Gasteiger partial charge >= 0.3 is 5.97 Å². The maximum absolute atomic E-state index is 15.4. The van der Waals surface area contributed by atoms with E-state index in [0.717, 1.165) is 5.52 Å².